The molecule has 1 aromatic heterocycles. The Morgan fingerprint density at radius 1 is 1.44 bits per heavy atom. The number of ether oxygens (including phenoxy) is 1. The van der Waals surface area contributed by atoms with Crippen molar-refractivity contribution in [1.29, 1.82) is 0 Å². The summed E-state index contributed by atoms with van der Waals surface area (Å²) in [5.41, 5.74) is -0.499. The third-order valence-electron chi connectivity index (χ3n) is 1.92. The Labute approximate surface area is 111 Å². The van der Waals surface area contributed by atoms with Gasteiger partial charge in [-0.25, -0.2) is 9.78 Å². The third kappa shape index (κ3) is 5.77. The molecule has 18 heavy (non-hydrogen) atoms. The number of thiazole rings is 1. The van der Waals surface area contributed by atoms with Crippen LogP contribution in [0.15, 0.2) is 11.6 Å². The average molecular weight is 270 g/mol. The molecule has 0 aliphatic rings. The van der Waals surface area contributed by atoms with Crippen LogP contribution in [0.25, 0.3) is 0 Å². The van der Waals surface area contributed by atoms with E-state index in [1.807, 2.05) is 0 Å². The molecule has 0 saturated heterocycles. The maximum Gasteiger partial charge on any atom is 0.407 e. The van der Waals surface area contributed by atoms with Crippen molar-refractivity contribution >= 4 is 23.2 Å². The highest BCUT2D eigenvalue weighted by molar-refractivity contribution is 7.11. The van der Waals surface area contributed by atoms with Gasteiger partial charge < -0.3 is 10.1 Å². The topological polar surface area (TPSA) is 68.3 Å². The number of amides is 1. The van der Waals surface area contributed by atoms with Gasteiger partial charge >= 0.3 is 6.09 Å². The Hall–Kier alpha value is -1.43. The fourth-order valence-corrected chi connectivity index (χ4v) is 1.83. The first-order chi connectivity index (χ1) is 8.38. The number of aromatic nitrogens is 1. The Morgan fingerprint density at radius 2 is 2.17 bits per heavy atom. The van der Waals surface area contributed by atoms with E-state index in [1.54, 1.807) is 32.3 Å². The van der Waals surface area contributed by atoms with Crippen molar-refractivity contribution in [2.45, 2.75) is 39.2 Å². The Morgan fingerprint density at radius 3 is 2.72 bits per heavy atom. The first kappa shape index (κ1) is 14.6. The van der Waals surface area contributed by atoms with Crippen molar-refractivity contribution in [2.75, 3.05) is 6.54 Å². The number of rotatable bonds is 5. The van der Waals surface area contributed by atoms with E-state index in [4.69, 9.17) is 4.74 Å². The fourth-order valence-electron chi connectivity index (χ4n) is 1.22. The molecular formula is C12H18N2O3S. The number of alkyl carbamates (subject to hydrolysis) is 1. The lowest BCUT2D eigenvalue weighted by atomic mass is 10.2. The van der Waals surface area contributed by atoms with E-state index in [1.165, 1.54) is 11.3 Å². The van der Waals surface area contributed by atoms with Crippen molar-refractivity contribution in [3.8, 4) is 0 Å². The van der Waals surface area contributed by atoms with Crippen LogP contribution in [-0.4, -0.2) is 29.0 Å². The molecule has 1 rings (SSSR count). The minimum atomic E-state index is -0.499. The molecule has 0 saturated carbocycles. The second kappa shape index (κ2) is 6.49. The molecule has 1 aromatic rings. The summed E-state index contributed by atoms with van der Waals surface area (Å²) in [4.78, 5) is 26.8. The minimum absolute atomic E-state index is 0.0102. The van der Waals surface area contributed by atoms with Crippen LogP contribution in [0.5, 0.6) is 0 Å². The first-order valence-corrected chi connectivity index (χ1v) is 6.66. The summed E-state index contributed by atoms with van der Waals surface area (Å²) in [5.74, 6) is 0.0102. The second-order valence-corrected chi connectivity index (χ2v) is 5.69. The van der Waals surface area contributed by atoms with Gasteiger partial charge in [0, 0.05) is 24.5 Å². The normalized spacial score (nSPS) is 11.1. The summed E-state index contributed by atoms with van der Waals surface area (Å²) in [7, 11) is 0. The van der Waals surface area contributed by atoms with Crippen molar-refractivity contribution in [3.63, 3.8) is 0 Å². The van der Waals surface area contributed by atoms with E-state index >= 15 is 0 Å². The Bertz CT molecular complexity index is 396. The summed E-state index contributed by atoms with van der Waals surface area (Å²) in [6.07, 6.45) is 2.11. The van der Waals surface area contributed by atoms with Crippen molar-refractivity contribution in [1.82, 2.24) is 10.3 Å². The fraction of sp³-hybridized carbons (Fsp3) is 0.583. The number of nitrogens with one attached hydrogen (secondary N) is 1. The van der Waals surface area contributed by atoms with Gasteiger partial charge in [0.15, 0.2) is 10.8 Å². The van der Waals surface area contributed by atoms with E-state index in [9.17, 15) is 9.59 Å². The van der Waals surface area contributed by atoms with Gasteiger partial charge in [-0.1, -0.05) is 0 Å². The number of nitrogens with zero attached hydrogens (tertiary/aromatic N) is 1. The highest BCUT2D eigenvalue weighted by atomic mass is 32.1. The van der Waals surface area contributed by atoms with Gasteiger partial charge in [-0.15, -0.1) is 11.3 Å². The zero-order chi connectivity index (χ0) is 13.6. The van der Waals surface area contributed by atoms with Crippen molar-refractivity contribution in [3.05, 3.63) is 16.6 Å². The molecule has 1 amide bonds. The second-order valence-electron chi connectivity index (χ2n) is 4.79. The van der Waals surface area contributed by atoms with Crippen LogP contribution in [-0.2, 0) is 4.74 Å². The summed E-state index contributed by atoms with van der Waals surface area (Å²) >= 11 is 1.33. The molecule has 0 aromatic carbocycles. The lowest BCUT2D eigenvalue weighted by molar-refractivity contribution is 0.0525. The highest BCUT2D eigenvalue weighted by Gasteiger charge is 2.15. The van der Waals surface area contributed by atoms with Crippen molar-refractivity contribution < 1.29 is 14.3 Å². The molecule has 5 nitrogen and oxygen atoms in total. The van der Waals surface area contributed by atoms with Crippen LogP contribution in [0.1, 0.15) is 43.4 Å². The van der Waals surface area contributed by atoms with E-state index < -0.39 is 11.7 Å². The number of Topliss-reactive ketones (excluding diaryl/α,β-unsaturated/α-hetero) is 1. The Kier molecular flexibility index (Phi) is 5.27. The first-order valence-electron chi connectivity index (χ1n) is 5.78. The smallest absolute Gasteiger partial charge is 0.407 e. The predicted octanol–water partition coefficient (Wildman–Crippen LogP) is 2.63. The summed E-state index contributed by atoms with van der Waals surface area (Å²) < 4.78 is 5.07. The highest BCUT2D eigenvalue weighted by Crippen LogP contribution is 2.09. The molecule has 0 bridgehead atoms. The zero-order valence-electron chi connectivity index (χ0n) is 10.9. The molecule has 1 N–H and O–H groups in total. The van der Waals surface area contributed by atoms with E-state index in [2.05, 4.69) is 10.3 Å². The van der Waals surface area contributed by atoms with E-state index in [0.29, 0.717) is 24.4 Å². The van der Waals surface area contributed by atoms with Crippen LogP contribution in [0.2, 0.25) is 0 Å². The van der Waals surface area contributed by atoms with Gasteiger partial charge in [0.25, 0.3) is 0 Å². The molecule has 100 valence electrons. The van der Waals surface area contributed by atoms with Gasteiger partial charge in [-0.3, -0.25) is 4.79 Å². The summed E-state index contributed by atoms with van der Waals surface area (Å²) in [6, 6.07) is 0. The van der Waals surface area contributed by atoms with E-state index in [-0.39, 0.29) is 5.78 Å². The van der Waals surface area contributed by atoms with Crippen molar-refractivity contribution in [2.24, 2.45) is 0 Å². The standard InChI is InChI=1S/C12H18N2O3S/c1-12(2,3)17-11(16)14-6-4-5-9(15)10-13-7-8-18-10/h7-8H,4-6H2,1-3H3,(H,14,16). The van der Waals surface area contributed by atoms with Crippen LogP contribution >= 0.6 is 11.3 Å². The molecule has 1 heterocycles. The van der Waals surface area contributed by atoms with Crippen LogP contribution in [0, 0.1) is 0 Å². The van der Waals surface area contributed by atoms with Gasteiger partial charge in [0.1, 0.15) is 5.60 Å². The average Bonchev–Trinajstić information content (AvgIpc) is 2.74. The summed E-state index contributed by atoms with van der Waals surface area (Å²) in [6.45, 7) is 5.84. The lowest BCUT2D eigenvalue weighted by Gasteiger charge is -2.19. The van der Waals surface area contributed by atoms with Crippen LogP contribution in [0.3, 0.4) is 0 Å². The quantitative estimate of drug-likeness (QED) is 0.659. The number of carbonyl (C=O) groups excluding carboxylic acids is 2. The van der Waals surface area contributed by atoms with Crippen LogP contribution < -0.4 is 5.32 Å². The largest absolute Gasteiger partial charge is 0.444 e. The number of carbonyl (C=O) groups is 2. The maximum atomic E-state index is 11.6. The number of hydrogen-bond acceptors (Lipinski definition) is 5. The molecule has 0 atom stereocenters. The molecule has 0 unspecified atom stereocenters. The SMILES string of the molecule is CC(C)(C)OC(=O)NCCCC(=O)c1nccs1. The zero-order valence-corrected chi connectivity index (χ0v) is 11.7. The van der Waals surface area contributed by atoms with Gasteiger partial charge in [0.2, 0.25) is 0 Å². The molecular weight excluding hydrogens is 252 g/mol. The van der Waals surface area contributed by atoms with Crippen LogP contribution in [0.4, 0.5) is 4.79 Å². The Balaban J connectivity index is 2.16. The van der Waals surface area contributed by atoms with Gasteiger partial charge in [-0.2, -0.15) is 0 Å². The van der Waals surface area contributed by atoms with E-state index in [0.717, 1.165) is 0 Å². The lowest BCUT2D eigenvalue weighted by Crippen LogP contribution is -2.33. The third-order valence-corrected chi connectivity index (χ3v) is 2.73. The molecule has 0 spiro atoms. The monoisotopic (exact) mass is 270 g/mol. The molecule has 0 aliphatic carbocycles. The summed E-state index contributed by atoms with van der Waals surface area (Å²) in [5, 5.41) is 4.90. The predicted molar refractivity (Wildman–Crippen MR) is 69.9 cm³/mol. The van der Waals surface area contributed by atoms with Gasteiger partial charge in [-0.05, 0) is 27.2 Å². The molecule has 6 heteroatoms. The molecule has 0 aliphatic heterocycles. The minimum Gasteiger partial charge on any atom is -0.444 e. The number of hydrogen-bond donors (Lipinski definition) is 1. The molecule has 0 radical (unpaired) electrons. The maximum absolute atomic E-state index is 11.6. The van der Waals surface area contributed by atoms with Gasteiger partial charge in [0.05, 0.1) is 0 Å². The molecule has 0 fully saturated rings. The number of ketones is 1.